The van der Waals surface area contributed by atoms with Crippen molar-refractivity contribution >= 4 is 40.6 Å². The SMILES string of the molecule is CCOC(=O)C1=C(C)N=c2s/c(=C/c3ccc(OCC(N)=O)c(OC)c3)c(=O)n2[C@@H]1c1cccs1. The number of ether oxygens (including phenoxy) is 3. The van der Waals surface area contributed by atoms with Gasteiger partial charge in [-0.25, -0.2) is 9.79 Å². The molecule has 9 nitrogen and oxygen atoms in total. The van der Waals surface area contributed by atoms with Gasteiger partial charge in [-0.05, 0) is 49.1 Å². The van der Waals surface area contributed by atoms with E-state index >= 15 is 0 Å². The van der Waals surface area contributed by atoms with Crippen molar-refractivity contribution in [1.29, 1.82) is 0 Å². The van der Waals surface area contributed by atoms with E-state index in [1.54, 1.807) is 42.7 Å². The Hall–Kier alpha value is -3.70. The Morgan fingerprint density at radius 2 is 2.06 bits per heavy atom. The van der Waals surface area contributed by atoms with Crippen LogP contribution >= 0.6 is 22.7 Å². The highest BCUT2D eigenvalue weighted by Gasteiger charge is 2.33. The van der Waals surface area contributed by atoms with Crippen LogP contribution in [0.3, 0.4) is 0 Å². The molecule has 4 rings (SSSR count). The van der Waals surface area contributed by atoms with Crippen LogP contribution in [-0.2, 0) is 14.3 Å². The van der Waals surface area contributed by atoms with Crippen molar-refractivity contribution in [2.45, 2.75) is 19.9 Å². The van der Waals surface area contributed by atoms with Crippen molar-refractivity contribution in [3.8, 4) is 11.5 Å². The number of hydrogen-bond acceptors (Lipinski definition) is 9. The number of amides is 1. The maximum atomic E-state index is 13.6. The highest BCUT2D eigenvalue weighted by Crippen LogP contribution is 2.33. The van der Waals surface area contributed by atoms with Gasteiger partial charge in [0, 0.05) is 4.88 Å². The van der Waals surface area contributed by atoms with Crippen molar-refractivity contribution in [2.75, 3.05) is 20.3 Å². The summed E-state index contributed by atoms with van der Waals surface area (Å²) in [7, 11) is 1.48. The van der Waals surface area contributed by atoms with E-state index in [1.807, 2.05) is 17.5 Å². The fourth-order valence-electron chi connectivity index (χ4n) is 3.70. The molecule has 3 aromatic rings. The Kier molecular flexibility index (Phi) is 7.17. The fraction of sp³-hybridized carbons (Fsp3) is 0.250. The van der Waals surface area contributed by atoms with Crippen molar-refractivity contribution < 1.29 is 23.8 Å². The molecule has 0 bridgehead atoms. The summed E-state index contributed by atoms with van der Waals surface area (Å²) in [6.07, 6.45) is 1.72. The van der Waals surface area contributed by atoms with E-state index < -0.39 is 17.9 Å². The third kappa shape index (κ3) is 4.91. The number of aromatic nitrogens is 1. The molecule has 0 saturated heterocycles. The molecule has 1 aliphatic rings. The molecule has 0 aliphatic carbocycles. The molecule has 1 amide bonds. The van der Waals surface area contributed by atoms with E-state index in [1.165, 1.54) is 29.8 Å². The number of allylic oxidation sites excluding steroid dienone is 1. The van der Waals surface area contributed by atoms with Gasteiger partial charge in [-0.1, -0.05) is 23.5 Å². The predicted molar refractivity (Wildman–Crippen MR) is 132 cm³/mol. The number of carbonyl (C=O) groups is 2. The number of carbonyl (C=O) groups excluding carboxylic acids is 2. The van der Waals surface area contributed by atoms with Crippen molar-refractivity contribution in [2.24, 2.45) is 10.7 Å². The first kappa shape index (κ1) is 24.4. The molecule has 0 radical (unpaired) electrons. The number of benzene rings is 1. The predicted octanol–water partition coefficient (Wildman–Crippen LogP) is 1.73. The molecule has 1 aliphatic heterocycles. The summed E-state index contributed by atoms with van der Waals surface area (Å²) in [5.74, 6) is -0.338. The quantitative estimate of drug-likeness (QED) is 0.458. The molecular weight excluding hydrogens is 490 g/mol. The molecule has 2 aromatic heterocycles. The normalized spacial score (nSPS) is 15.4. The van der Waals surface area contributed by atoms with Crippen LogP contribution in [0.2, 0.25) is 0 Å². The van der Waals surface area contributed by atoms with Gasteiger partial charge in [0.25, 0.3) is 11.5 Å². The Balaban J connectivity index is 1.82. The Morgan fingerprint density at radius 3 is 2.71 bits per heavy atom. The van der Waals surface area contributed by atoms with E-state index in [0.29, 0.717) is 37.7 Å². The number of methoxy groups -OCH3 is 1. The summed E-state index contributed by atoms with van der Waals surface area (Å²) in [5.41, 5.74) is 6.43. The molecule has 182 valence electrons. The summed E-state index contributed by atoms with van der Waals surface area (Å²) in [6.45, 7) is 3.43. The van der Waals surface area contributed by atoms with Crippen molar-refractivity contribution in [1.82, 2.24) is 4.57 Å². The highest BCUT2D eigenvalue weighted by atomic mass is 32.1. The second kappa shape index (κ2) is 10.3. The lowest BCUT2D eigenvalue weighted by atomic mass is 10.0. The summed E-state index contributed by atoms with van der Waals surface area (Å²) < 4.78 is 18.0. The van der Waals surface area contributed by atoms with Gasteiger partial charge in [0.2, 0.25) is 0 Å². The topological polar surface area (TPSA) is 122 Å². The molecule has 3 heterocycles. The van der Waals surface area contributed by atoms with Gasteiger partial charge in [-0.2, -0.15) is 0 Å². The first-order valence-electron chi connectivity index (χ1n) is 10.7. The highest BCUT2D eigenvalue weighted by molar-refractivity contribution is 7.10. The maximum Gasteiger partial charge on any atom is 0.338 e. The summed E-state index contributed by atoms with van der Waals surface area (Å²) >= 11 is 2.69. The van der Waals surface area contributed by atoms with Crippen LogP contribution in [-0.4, -0.2) is 36.8 Å². The van der Waals surface area contributed by atoms with Crippen LogP contribution in [0.5, 0.6) is 11.5 Å². The fourth-order valence-corrected chi connectivity index (χ4v) is 5.57. The molecule has 0 unspecified atom stereocenters. The van der Waals surface area contributed by atoms with Gasteiger partial charge < -0.3 is 19.9 Å². The van der Waals surface area contributed by atoms with Crippen molar-refractivity contribution in [3.63, 3.8) is 0 Å². The zero-order valence-corrected chi connectivity index (χ0v) is 20.9. The van der Waals surface area contributed by atoms with Gasteiger partial charge in [-0.15, -0.1) is 11.3 Å². The number of esters is 1. The van der Waals surface area contributed by atoms with Crippen LogP contribution < -0.4 is 30.1 Å². The molecule has 1 aromatic carbocycles. The number of nitrogens with two attached hydrogens (primary N) is 1. The zero-order chi connectivity index (χ0) is 25.1. The third-order valence-electron chi connectivity index (χ3n) is 5.19. The van der Waals surface area contributed by atoms with Gasteiger partial charge >= 0.3 is 5.97 Å². The lowest BCUT2D eigenvalue weighted by molar-refractivity contribution is -0.139. The number of hydrogen-bond donors (Lipinski definition) is 1. The molecule has 2 N–H and O–H groups in total. The first-order chi connectivity index (χ1) is 16.8. The molecule has 35 heavy (non-hydrogen) atoms. The third-order valence-corrected chi connectivity index (χ3v) is 7.09. The average molecular weight is 514 g/mol. The largest absolute Gasteiger partial charge is 0.493 e. The minimum Gasteiger partial charge on any atom is -0.493 e. The van der Waals surface area contributed by atoms with Gasteiger partial charge in [0.1, 0.15) is 6.04 Å². The van der Waals surface area contributed by atoms with Crippen LogP contribution in [0.4, 0.5) is 0 Å². The number of fused-ring (bicyclic) bond motifs is 1. The van der Waals surface area contributed by atoms with E-state index in [2.05, 4.69) is 4.99 Å². The molecule has 0 fully saturated rings. The van der Waals surface area contributed by atoms with Gasteiger partial charge in [0.15, 0.2) is 22.9 Å². The molecule has 0 saturated carbocycles. The second-order valence-corrected chi connectivity index (χ2v) is 9.47. The Bertz CT molecular complexity index is 1480. The number of thiophene rings is 1. The van der Waals surface area contributed by atoms with Crippen LogP contribution in [0.15, 0.2) is 56.8 Å². The molecule has 1 atom stereocenters. The Morgan fingerprint density at radius 1 is 1.26 bits per heavy atom. The maximum absolute atomic E-state index is 13.6. The molecule has 0 spiro atoms. The lowest BCUT2D eigenvalue weighted by Crippen LogP contribution is -2.39. The number of thiazole rings is 1. The van der Waals surface area contributed by atoms with E-state index in [-0.39, 0.29) is 18.8 Å². The molecular formula is C24H23N3O6S2. The van der Waals surface area contributed by atoms with Crippen LogP contribution in [0.25, 0.3) is 6.08 Å². The van der Waals surface area contributed by atoms with Crippen LogP contribution in [0.1, 0.15) is 30.3 Å². The summed E-state index contributed by atoms with van der Waals surface area (Å²) in [4.78, 5) is 43.3. The zero-order valence-electron chi connectivity index (χ0n) is 19.3. The summed E-state index contributed by atoms with van der Waals surface area (Å²) in [5, 5.41) is 1.90. The first-order valence-corrected chi connectivity index (χ1v) is 12.4. The number of primary amides is 1. The van der Waals surface area contributed by atoms with E-state index in [0.717, 1.165) is 4.88 Å². The standard InChI is InChI=1S/C24H23N3O6S2/c1-4-32-23(30)20-13(2)26-24-27(21(20)17-6-5-9-34-17)22(29)18(35-24)11-14-7-8-15(16(10-14)31-3)33-12-19(25)28/h5-11,21H,4,12H2,1-3H3,(H2,25,28)/b18-11+/t21-/m1/s1. The lowest BCUT2D eigenvalue weighted by Gasteiger charge is -2.23. The van der Waals surface area contributed by atoms with E-state index in [4.69, 9.17) is 19.9 Å². The van der Waals surface area contributed by atoms with Crippen LogP contribution in [0, 0.1) is 0 Å². The minimum atomic E-state index is -0.619. The van der Waals surface area contributed by atoms with Crippen molar-refractivity contribution in [3.05, 3.63) is 77.1 Å². The average Bonchev–Trinajstić information content (AvgIpc) is 3.46. The Labute approximate surface area is 208 Å². The smallest absolute Gasteiger partial charge is 0.338 e. The van der Waals surface area contributed by atoms with Gasteiger partial charge in [0.05, 0.1) is 29.5 Å². The number of nitrogens with zero attached hydrogens (tertiary/aromatic N) is 2. The van der Waals surface area contributed by atoms with Gasteiger partial charge in [-0.3, -0.25) is 14.2 Å². The number of rotatable bonds is 8. The second-order valence-electron chi connectivity index (χ2n) is 7.48. The van der Waals surface area contributed by atoms with E-state index in [9.17, 15) is 14.4 Å². The minimum absolute atomic E-state index is 0.220. The monoisotopic (exact) mass is 513 g/mol. The summed E-state index contributed by atoms with van der Waals surface area (Å²) in [6, 6.07) is 8.22. The molecule has 11 heteroatoms.